The molecule has 0 fully saturated rings. The Bertz CT molecular complexity index is 369. The topological polar surface area (TPSA) is 68.9 Å². The average molecular weight is 237 g/mol. The molecule has 1 aromatic rings. The maximum atomic E-state index is 5.50. The summed E-state index contributed by atoms with van der Waals surface area (Å²) in [4.78, 5) is 4.37. The first-order chi connectivity index (χ1) is 8.28. The van der Waals surface area contributed by atoms with Gasteiger partial charge in [-0.3, -0.25) is 4.99 Å². The number of nitrogens with one attached hydrogen (secondary N) is 1. The number of nitrogens with zero attached hydrogens (tertiary/aromatic N) is 1. The summed E-state index contributed by atoms with van der Waals surface area (Å²) in [6.45, 7) is 2.75. The van der Waals surface area contributed by atoms with Gasteiger partial charge in [-0.1, -0.05) is 13.0 Å². The molecule has 0 atom stereocenters. The lowest BCUT2D eigenvalue weighted by Gasteiger charge is -2.14. The van der Waals surface area contributed by atoms with E-state index in [1.807, 2.05) is 18.2 Å². The summed E-state index contributed by atoms with van der Waals surface area (Å²) in [7, 11) is 3.21. The van der Waals surface area contributed by atoms with Crippen molar-refractivity contribution in [2.75, 3.05) is 20.8 Å². The maximum Gasteiger partial charge on any atom is 0.150 e. The van der Waals surface area contributed by atoms with Gasteiger partial charge in [0.15, 0.2) is 0 Å². The third-order valence-electron chi connectivity index (χ3n) is 2.29. The molecular weight excluding hydrogens is 218 g/mol. The van der Waals surface area contributed by atoms with Crippen molar-refractivity contribution in [3.05, 3.63) is 23.8 Å². The standard InChI is InChI=1S/C12H19N3O2/c1-4-8-14-12(15-13)11-9(16-2)6-5-7-10(11)17-3/h5-7H,4,8,13H2,1-3H3,(H,14,15). The molecule has 0 radical (unpaired) electrons. The highest BCUT2D eigenvalue weighted by Gasteiger charge is 2.14. The van der Waals surface area contributed by atoms with Crippen LogP contribution in [0.25, 0.3) is 0 Å². The van der Waals surface area contributed by atoms with Crippen molar-refractivity contribution in [2.24, 2.45) is 10.8 Å². The fraction of sp³-hybridized carbons (Fsp3) is 0.417. The summed E-state index contributed by atoms with van der Waals surface area (Å²) in [5.74, 6) is 7.43. The van der Waals surface area contributed by atoms with Crippen LogP contribution in [0.1, 0.15) is 18.9 Å². The molecule has 0 spiro atoms. The third-order valence-corrected chi connectivity index (χ3v) is 2.29. The van der Waals surface area contributed by atoms with Gasteiger partial charge in [-0.05, 0) is 18.6 Å². The van der Waals surface area contributed by atoms with Crippen LogP contribution in [0.4, 0.5) is 0 Å². The number of methoxy groups -OCH3 is 2. The Morgan fingerprint density at radius 3 is 2.29 bits per heavy atom. The Morgan fingerprint density at radius 1 is 1.29 bits per heavy atom. The van der Waals surface area contributed by atoms with Gasteiger partial charge >= 0.3 is 0 Å². The van der Waals surface area contributed by atoms with E-state index < -0.39 is 0 Å². The van der Waals surface area contributed by atoms with Crippen LogP contribution in [0.15, 0.2) is 23.2 Å². The van der Waals surface area contributed by atoms with E-state index in [0.29, 0.717) is 23.9 Å². The minimum absolute atomic E-state index is 0.571. The Labute approximate surface area is 102 Å². The van der Waals surface area contributed by atoms with Crippen molar-refractivity contribution in [1.29, 1.82) is 0 Å². The SMILES string of the molecule is CCCN=C(NN)c1c(OC)cccc1OC. The predicted octanol–water partition coefficient (Wildman–Crippen LogP) is 1.32. The molecule has 3 N–H and O–H groups in total. The average Bonchev–Trinajstić information content (AvgIpc) is 2.39. The molecule has 17 heavy (non-hydrogen) atoms. The number of benzene rings is 1. The summed E-state index contributed by atoms with van der Waals surface area (Å²) in [6.07, 6.45) is 0.947. The van der Waals surface area contributed by atoms with Gasteiger partial charge in [0.05, 0.1) is 14.2 Å². The molecule has 0 heterocycles. The van der Waals surface area contributed by atoms with E-state index in [2.05, 4.69) is 17.3 Å². The normalized spacial score (nSPS) is 11.2. The number of hydrogen-bond donors (Lipinski definition) is 2. The third kappa shape index (κ3) is 3.10. The Hall–Kier alpha value is -1.75. The quantitative estimate of drug-likeness (QED) is 0.351. The molecule has 5 heteroatoms. The summed E-state index contributed by atoms with van der Waals surface area (Å²) >= 11 is 0. The van der Waals surface area contributed by atoms with Crippen molar-refractivity contribution in [1.82, 2.24) is 5.43 Å². The number of aliphatic imine (C=N–C) groups is 1. The van der Waals surface area contributed by atoms with Gasteiger partial charge in [-0.2, -0.15) is 0 Å². The van der Waals surface area contributed by atoms with Crippen molar-refractivity contribution in [3.63, 3.8) is 0 Å². The smallest absolute Gasteiger partial charge is 0.150 e. The lowest BCUT2D eigenvalue weighted by atomic mass is 10.1. The summed E-state index contributed by atoms with van der Waals surface area (Å²) in [6, 6.07) is 5.54. The van der Waals surface area contributed by atoms with Crippen LogP contribution >= 0.6 is 0 Å². The first-order valence-corrected chi connectivity index (χ1v) is 5.50. The lowest BCUT2D eigenvalue weighted by Crippen LogP contribution is -2.32. The van der Waals surface area contributed by atoms with Crippen molar-refractivity contribution in [2.45, 2.75) is 13.3 Å². The second-order valence-electron chi connectivity index (χ2n) is 3.41. The lowest BCUT2D eigenvalue weighted by molar-refractivity contribution is 0.392. The van der Waals surface area contributed by atoms with Crippen LogP contribution in [0.5, 0.6) is 11.5 Å². The van der Waals surface area contributed by atoms with E-state index in [1.54, 1.807) is 14.2 Å². The Morgan fingerprint density at radius 2 is 1.88 bits per heavy atom. The van der Waals surface area contributed by atoms with Crippen LogP contribution in [-0.2, 0) is 0 Å². The summed E-state index contributed by atoms with van der Waals surface area (Å²) < 4.78 is 10.6. The van der Waals surface area contributed by atoms with E-state index in [9.17, 15) is 0 Å². The fourth-order valence-electron chi connectivity index (χ4n) is 1.51. The van der Waals surface area contributed by atoms with Crippen LogP contribution in [0, 0.1) is 0 Å². The van der Waals surface area contributed by atoms with Crippen LogP contribution in [0.2, 0.25) is 0 Å². The first kappa shape index (κ1) is 13.3. The molecule has 94 valence electrons. The predicted molar refractivity (Wildman–Crippen MR) is 68.6 cm³/mol. The molecule has 0 unspecified atom stereocenters. The van der Waals surface area contributed by atoms with Gasteiger partial charge in [0.2, 0.25) is 0 Å². The Kier molecular flexibility index (Phi) is 5.29. The molecule has 0 aromatic heterocycles. The number of hydrazine groups is 1. The highest BCUT2D eigenvalue weighted by atomic mass is 16.5. The van der Waals surface area contributed by atoms with Gasteiger partial charge in [0.1, 0.15) is 22.9 Å². The van der Waals surface area contributed by atoms with Crippen molar-refractivity contribution >= 4 is 5.84 Å². The van der Waals surface area contributed by atoms with E-state index in [1.165, 1.54) is 0 Å². The molecule has 0 saturated heterocycles. The minimum Gasteiger partial charge on any atom is -0.496 e. The number of ether oxygens (including phenoxy) is 2. The van der Waals surface area contributed by atoms with Gasteiger partial charge in [0, 0.05) is 6.54 Å². The zero-order valence-corrected chi connectivity index (χ0v) is 10.5. The number of hydrogen-bond acceptors (Lipinski definition) is 4. The van der Waals surface area contributed by atoms with Gasteiger partial charge in [-0.15, -0.1) is 0 Å². The fourth-order valence-corrected chi connectivity index (χ4v) is 1.51. The monoisotopic (exact) mass is 237 g/mol. The number of nitrogens with two attached hydrogens (primary N) is 1. The largest absolute Gasteiger partial charge is 0.496 e. The molecular formula is C12H19N3O2. The molecule has 0 amide bonds. The minimum atomic E-state index is 0.571. The molecule has 5 nitrogen and oxygen atoms in total. The molecule has 0 aliphatic heterocycles. The maximum absolute atomic E-state index is 5.50. The second-order valence-corrected chi connectivity index (χ2v) is 3.41. The number of amidine groups is 1. The Balaban J connectivity index is 3.24. The molecule has 1 aromatic carbocycles. The van der Waals surface area contributed by atoms with Gasteiger partial charge in [-0.25, -0.2) is 5.84 Å². The van der Waals surface area contributed by atoms with E-state index in [-0.39, 0.29) is 0 Å². The molecule has 1 rings (SSSR count). The summed E-state index contributed by atoms with van der Waals surface area (Å²) in [5, 5.41) is 0. The van der Waals surface area contributed by atoms with E-state index in [4.69, 9.17) is 15.3 Å². The molecule has 0 aliphatic rings. The van der Waals surface area contributed by atoms with Crippen LogP contribution < -0.4 is 20.7 Å². The highest BCUT2D eigenvalue weighted by molar-refractivity contribution is 6.03. The van der Waals surface area contributed by atoms with Gasteiger partial charge < -0.3 is 14.9 Å². The first-order valence-electron chi connectivity index (χ1n) is 5.50. The zero-order valence-electron chi connectivity index (χ0n) is 10.5. The van der Waals surface area contributed by atoms with Crippen LogP contribution in [-0.4, -0.2) is 26.6 Å². The summed E-state index contributed by atoms with van der Waals surface area (Å²) in [5.41, 5.74) is 3.34. The van der Waals surface area contributed by atoms with E-state index >= 15 is 0 Å². The van der Waals surface area contributed by atoms with Crippen LogP contribution in [0.3, 0.4) is 0 Å². The van der Waals surface area contributed by atoms with Crippen molar-refractivity contribution < 1.29 is 9.47 Å². The van der Waals surface area contributed by atoms with E-state index in [0.717, 1.165) is 12.0 Å². The second kappa shape index (κ2) is 6.75. The molecule has 0 saturated carbocycles. The highest BCUT2D eigenvalue weighted by Crippen LogP contribution is 2.28. The molecule has 0 aliphatic carbocycles. The molecule has 0 bridgehead atoms. The zero-order chi connectivity index (χ0) is 12.7. The van der Waals surface area contributed by atoms with Crippen molar-refractivity contribution in [3.8, 4) is 11.5 Å². The van der Waals surface area contributed by atoms with Gasteiger partial charge in [0.25, 0.3) is 0 Å². The number of rotatable bonds is 5.